The maximum Gasteiger partial charge on any atom is 0.359 e. The van der Waals surface area contributed by atoms with Crippen molar-refractivity contribution in [2.45, 2.75) is 57.3 Å². The highest BCUT2D eigenvalue weighted by Gasteiger charge is 2.49. The van der Waals surface area contributed by atoms with Gasteiger partial charge in [-0.05, 0) is 37.8 Å². The Morgan fingerprint density at radius 1 is 1.54 bits per heavy atom. The SMILES string of the molecule is CCC1N=C(C(=O)O)C(=O)N2C1=COC1C2=C(F)C=C2CCC(C)NC21. The largest absolute Gasteiger partial charge is 0.488 e. The molecular weight excluding hydrogens is 341 g/mol. The number of nitrogens with zero attached hydrogens (tertiary/aromatic N) is 2. The fourth-order valence-electron chi connectivity index (χ4n) is 4.01. The molecule has 4 unspecified atom stereocenters. The molecule has 0 spiro atoms. The minimum Gasteiger partial charge on any atom is -0.488 e. The molecule has 0 bridgehead atoms. The number of hydrogen-bond acceptors (Lipinski definition) is 5. The van der Waals surface area contributed by atoms with Gasteiger partial charge in [-0.2, -0.15) is 0 Å². The lowest BCUT2D eigenvalue weighted by Crippen LogP contribution is -2.58. The lowest BCUT2D eigenvalue weighted by atomic mass is 9.83. The van der Waals surface area contributed by atoms with E-state index in [0.29, 0.717) is 12.1 Å². The number of fused-ring (bicyclic) bond motifs is 5. The molecule has 8 heteroatoms. The lowest BCUT2D eigenvalue weighted by Gasteiger charge is -2.46. The molecule has 4 aliphatic rings. The molecule has 2 N–H and O–H groups in total. The molecule has 138 valence electrons. The Balaban J connectivity index is 1.83. The van der Waals surface area contributed by atoms with Crippen LogP contribution in [0.4, 0.5) is 4.39 Å². The highest BCUT2D eigenvalue weighted by molar-refractivity contribution is 6.64. The van der Waals surface area contributed by atoms with Crippen LogP contribution in [-0.2, 0) is 14.3 Å². The number of aliphatic carboxylic acids is 1. The van der Waals surface area contributed by atoms with Gasteiger partial charge in [0.1, 0.15) is 17.8 Å². The fraction of sp³-hybridized carbons (Fsp3) is 0.500. The van der Waals surface area contributed by atoms with E-state index in [1.165, 1.54) is 12.3 Å². The second-order valence-electron chi connectivity index (χ2n) is 6.98. The second kappa shape index (κ2) is 6.05. The maximum absolute atomic E-state index is 15.0. The number of aliphatic imine (C=N–C) groups is 1. The van der Waals surface area contributed by atoms with Crippen LogP contribution in [0, 0.1) is 0 Å². The van der Waals surface area contributed by atoms with Gasteiger partial charge in [-0.25, -0.2) is 9.18 Å². The van der Waals surface area contributed by atoms with Gasteiger partial charge >= 0.3 is 5.97 Å². The van der Waals surface area contributed by atoms with E-state index in [4.69, 9.17) is 4.74 Å². The molecular formula is C18H20FN3O4. The molecule has 26 heavy (non-hydrogen) atoms. The Hall–Kier alpha value is -2.48. The zero-order valence-corrected chi connectivity index (χ0v) is 14.5. The number of carbonyl (C=O) groups is 2. The highest BCUT2D eigenvalue weighted by Crippen LogP contribution is 2.41. The van der Waals surface area contributed by atoms with Gasteiger partial charge in [0, 0.05) is 6.04 Å². The molecule has 7 nitrogen and oxygen atoms in total. The van der Waals surface area contributed by atoms with Gasteiger partial charge in [0.2, 0.25) is 5.71 Å². The number of carbonyl (C=O) groups excluding carboxylic acids is 1. The molecule has 4 atom stereocenters. The number of ether oxygens (including phenoxy) is 1. The van der Waals surface area contributed by atoms with Crippen LogP contribution in [-0.4, -0.2) is 51.8 Å². The van der Waals surface area contributed by atoms with Gasteiger partial charge in [0.05, 0.1) is 17.8 Å². The van der Waals surface area contributed by atoms with E-state index in [1.807, 2.05) is 13.8 Å². The average molecular weight is 361 g/mol. The van der Waals surface area contributed by atoms with Gasteiger partial charge in [-0.15, -0.1) is 0 Å². The number of carboxylic acid groups (broad SMARTS) is 1. The summed E-state index contributed by atoms with van der Waals surface area (Å²) in [7, 11) is 0. The molecule has 3 aliphatic heterocycles. The van der Waals surface area contributed by atoms with Crippen molar-refractivity contribution < 1.29 is 23.8 Å². The van der Waals surface area contributed by atoms with Gasteiger partial charge < -0.3 is 15.2 Å². The van der Waals surface area contributed by atoms with Crippen LogP contribution in [0.2, 0.25) is 0 Å². The Bertz CT molecular complexity index is 813. The molecule has 1 aliphatic carbocycles. The third-order valence-electron chi connectivity index (χ3n) is 5.31. The fourth-order valence-corrected chi connectivity index (χ4v) is 4.01. The Kier molecular flexibility index (Phi) is 3.95. The lowest BCUT2D eigenvalue weighted by molar-refractivity contribution is -0.132. The predicted molar refractivity (Wildman–Crippen MR) is 90.8 cm³/mol. The molecule has 1 fully saturated rings. The van der Waals surface area contributed by atoms with Crippen molar-refractivity contribution in [3.8, 4) is 0 Å². The highest BCUT2D eigenvalue weighted by atomic mass is 19.1. The van der Waals surface area contributed by atoms with Crippen molar-refractivity contribution in [1.29, 1.82) is 0 Å². The summed E-state index contributed by atoms with van der Waals surface area (Å²) in [6, 6.07) is -0.570. The van der Waals surface area contributed by atoms with Gasteiger partial charge in [-0.3, -0.25) is 14.7 Å². The van der Waals surface area contributed by atoms with Gasteiger partial charge in [0.15, 0.2) is 6.10 Å². The predicted octanol–water partition coefficient (Wildman–Crippen LogP) is 1.63. The zero-order chi connectivity index (χ0) is 18.6. The van der Waals surface area contributed by atoms with E-state index in [0.717, 1.165) is 23.3 Å². The molecule has 0 radical (unpaired) electrons. The normalized spacial score (nSPS) is 33.3. The summed E-state index contributed by atoms with van der Waals surface area (Å²) in [5, 5.41) is 12.7. The smallest absolute Gasteiger partial charge is 0.359 e. The van der Waals surface area contributed by atoms with E-state index in [-0.39, 0.29) is 17.8 Å². The van der Waals surface area contributed by atoms with Crippen LogP contribution in [0.3, 0.4) is 0 Å². The van der Waals surface area contributed by atoms with Crippen LogP contribution < -0.4 is 5.32 Å². The summed E-state index contributed by atoms with van der Waals surface area (Å²) < 4.78 is 20.8. The number of rotatable bonds is 2. The number of carboxylic acids is 1. The van der Waals surface area contributed by atoms with E-state index in [1.54, 1.807) is 0 Å². The van der Waals surface area contributed by atoms with Crippen molar-refractivity contribution in [2.24, 2.45) is 4.99 Å². The van der Waals surface area contributed by atoms with Crippen LogP contribution in [0.15, 0.2) is 40.1 Å². The first-order chi connectivity index (χ1) is 12.4. The summed E-state index contributed by atoms with van der Waals surface area (Å²) in [6.07, 6.45) is 4.28. The van der Waals surface area contributed by atoms with Crippen LogP contribution in [0.5, 0.6) is 0 Å². The topological polar surface area (TPSA) is 91.2 Å². The van der Waals surface area contributed by atoms with Crippen molar-refractivity contribution in [1.82, 2.24) is 10.2 Å². The summed E-state index contributed by atoms with van der Waals surface area (Å²) >= 11 is 0. The number of allylic oxidation sites excluding steroid dienone is 2. The van der Waals surface area contributed by atoms with Crippen LogP contribution in [0.25, 0.3) is 0 Å². The molecule has 0 aromatic rings. The maximum atomic E-state index is 15.0. The number of halogens is 1. The molecule has 1 saturated heterocycles. The van der Waals surface area contributed by atoms with Crippen LogP contribution in [0.1, 0.15) is 33.1 Å². The van der Waals surface area contributed by atoms with E-state index in [9.17, 15) is 19.1 Å². The minimum absolute atomic E-state index is 0.0648. The zero-order valence-electron chi connectivity index (χ0n) is 14.5. The average Bonchev–Trinajstić information content (AvgIpc) is 2.62. The molecule has 4 rings (SSSR count). The Morgan fingerprint density at radius 2 is 2.31 bits per heavy atom. The minimum atomic E-state index is -1.41. The van der Waals surface area contributed by atoms with Crippen molar-refractivity contribution in [3.63, 3.8) is 0 Å². The van der Waals surface area contributed by atoms with E-state index < -0.39 is 35.6 Å². The third kappa shape index (κ3) is 2.39. The third-order valence-corrected chi connectivity index (χ3v) is 5.31. The van der Waals surface area contributed by atoms with Crippen LogP contribution >= 0.6 is 0 Å². The van der Waals surface area contributed by atoms with Gasteiger partial charge in [-0.1, -0.05) is 6.92 Å². The molecule has 0 aromatic carbocycles. The van der Waals surface area contributed by atoms with E-state index >= 15 is 0 Å². The Morgan fingerprint density at radius 3 is 3.00 bits per heavy atom. The molecule has 1 amide bonds. The summed E-state index contributed by atoms with van der Waals surface area (Å²) in [5.74, 6) is -2.79. The monoisotopic (exact) mass is 361 g/mol. The number of nitrogens with one attached hydrogen (secondary N) is 1. The van der Waals surface area contributed by atoms with Crippen molar-refractivity contribution in [2.75, 3.05) is 0 Å². The summed E-state index contributed by atoms with van der Waals surface area (Å²) in [4.78, 5) is 29.4. The summed E-state index contributed by atoms with van der Waals surface area (Å²) in [6.45, 7) is 3.87. The molecule has 3 heterocycles. The van der Waals surface area contributed by atoms with E-state index in [2.05, 4.69) is 10.3 Å². The first-order valence-corrected chi connectivity index (χ1v) is 8.79. The number of piperidine rings is 1. The quantitative estimate of drug-likeness (QED) is 0.780. The molecule has 0 saturated carbocycles. The number of hydrogen-bond donors (Lipinski definition) is 2. The first-order valence-electron chi connectivity index (χ1n) is 8.79. The van der Waals surface area contributed by atoms with Gasteiger partial charge in [0.25, 0.3) is 5.91 Å². The Labute approximate surface area is 149 Å². The summed E-state index contributed by atoms with van der Waals surface area (Å²) in [5.41, 5.74) is 0.768. The molecule has 0 aromatic heterocycles. The first kappa shape index (κ1) is 17.0. The van der Waals surface area contributed by atoms with Crippen molar-refractivity contribution >= 4 is 17.6 Å². The standard InChI is InChI=1S/C18H20FN3O4/c1-3-11-12-7-26-16-13-9(5-4-8(2)20-13)6-10(19)15(16)22(12)17(23)14(21-11)18(24)25/h6-8,11,13,16,20H,3-5H2,1-2H3,(H,24,25). The van der Waals surface area contributed by atoms with Crippen molar-refractivity contribution in [3.05, 3.63) is 35.1 Å². The second-order valence-corrected chi connectivity index (χ2v) is 6.98. The number of amides is 1.